The van der Waals surface area contributed by atoms with Gasteiger partial charge in [0.1, 0.15) is 0 Å². The van der Waals surface area contributed by atoms with Gasteiger partial charge in [-0.25, -0.2) is 0 Å². The van der Waals surface area contributed by atoms with E-state index in [-0.39, 0.29) is 5.41 Å². The molecule has 1 aliphatic carbocycles. The monoisotopic (exact) mass is 740 g/mol. The zero-order valence-corrected chi connectivity index (χ0v) is 34.4. The topological polar surface area (TPSA) is 0 Å². The van der Waals surface area contributed by atoms with Gasteiger partial charge >= 0.3 is 0 Å². The molecule has 1 heteroatoms. The number of rotatable bonds is 6. The standard InChI is InChI=1S/C55H48S/c1-8-18-37-29-30-39(32-34(37)4)50-43-24-13-11-22-41(43)49(42-23-12-14-25-44(42)50)38-21-17-20-36(33-38)28-31-47-48(10-3)55(6,7)53-51(47)45-26-15-16-27-46(45)54-52(53)40(19-9-2)35(5)56-54/h8-27,29-33H,28H2,1-7H3/b18-8-,19-9-,47-31?,48-10+. The van der Waals surface area contributed by atoms with E-state index in [2.05, 4.69) is 200 Å². The van der Waals surface area contributed by atoms with Crippen LogP contribution in [0.3, 0.4) is 0 Å². The van der Waals surface area contributed by atoms with E-state index in [0.29, 0.717) is 0 Å². The van der Waals surface area contributed by atoms with Gasteiger partial charge in [0.2, 0.25) is 0 Å². The van der Waals surface area contributed by atoms with Crippen molar-refractivity contribution in [2.75, 3.05) is 0 Å². The van der Waals surface area contributed by atoms with Crippen LogP contribution in [0.4, 0.5) is 0 Å². The van der Waals surface area contributed by atoms with Crippen LogP contribution in [0.1, 0.15) is 72.9 Å². The quantitative estimate of drug-likeness (QED) is 0.149. The normalized spacial score (nSPS) is 15.6. The van der Waals surface area contributed by atoms with Crippen molar-refractivity contribution in [1.29, 1.82) is 0 Å². The maximum atomic E-state index is 2.52. The molecular formula is C55H48S. The number of hydrogen-bond acceptors (Lipinski definition) is 1. The van der Waals surface area contributed by atoms with Gasteiger partial charge in [-0.2, -0.15) is 0 Å². The molecule has 0 spiro atoms. The van der Waals surface area contributed by atoms with E-state index in [1.165, 1.54) is 114 Å². The molecule has 1 aromatic heterocycles. The second kappa shape index (κ2) is 14.1. The van der Waals surface area contributed by atoms with Crippen LogP contribution in [0.5, 0.6) is 0 Å². The fraction of sp³-hybridized carbons (Fsp3) is 0.164. The summed E-state index contributed by atoms with van der Waals surface area (Å²) < 4.78 is 1.41. The summed E-state index contributed by atoms with van der Waals surface area (Å²) in [7, 11) is 0. The van der Waals surface area contributed by atoms with Gasteiger partial charge in [0.25, 0.3) is 0 Å². The third-order valence-electron chi connectivity index (χ3n) is 12.1. The Labute approximate surface area is 335 Å². The van der Waals surface area contributed by atoms with Gasteiger partial charge in [-0.1, -0.05) is 166 Å². The smallest absolute Gasteiger partial charge is 0.0433 e. The maximum absolute atomic E-state index is 2.52. The number of aryl methyl sites for hydroxylation is 2. The molecule has 0 atom stereocenters. The summed E-state index contributed by atoms with van der Waals surface area (Å²) in [6.45, 7) is 15.8. The lowest BCUT2D eigenvalue weighted by atomic mass is 9.79. The van der Waals surface area contributed by atoms with Crippen LogP contribution in [0, 0.1) is 13.8 Å². The van der Waals surface area contributed by atoms with Gasteiger partial charge in [-0.3, -0.25) is 0 Å². The summed E-state index contributed by atoms with van der Waals surface area (Å²) >= 11 is 1.95. The molecule has 0 nitrogen and oxygen atoms in total. The highest BCUT2D eigenvalue weighted by molar-refractivity contribution is 7.20. The molecule has 0 bridgehead atoms. The minimum atomic E-state index is -0.130. The van der Waals surface area contributed by atoms with E-state index < -0.39 is 0 Å². The van der Waals surface area contributed by atoms with E-state index in [1.54, 1.807) is 0 Å². The lowest BCUT2D eigenvalue weighted by molar-refractivity contribution is 0.666. The predicted molar refractivity (Wildman–Crippen MR) is 249 cm³/mol. The van der Waals surface area contributed by atoms with Crippen molar-refractivity contribution in [1.82, 2.24) is 0 Å². The summed E-state index contributed by atoms with van der Waals surface area (Å²) in [5.74, 6) is 0. The van der Waals surface area contributed by atoms with E-state index in [1.807, 2.05) is 11.3 Å². The third kappa shape index (κ3) is 5.55. The van der Waals surface area contributed by atoms with Crippen molar-refractivity contribution in [3.63, 3.8) is 0 Å². The molecule has 0 saturated carbocycles. The number of hydrogen-bond donors (Lipinski definition) is 0. The molecule has 1 aliphatic rings. The summed E-state index contributed by atoms with van der Waals surface area (Å²) in [5.41, 5.74) is 15.9. The van der Waals surface area contributed by atoms with Crippen LogP contribution < -0.4 is 0 Å². The Hall–Kier alpha value is -5.76. The van der Waals surface area contributed by atoms with Crippen LogP contribution in [-0.4, -0.2) is 0 Å². The lowest BCUT2D eigenvalue weighted by Crippen LogP contribution is -2.15. The first-order valence-corrected chi connectivity index (χ1v) is 20.8. The molecule has 0 aliphatic heterocycles. The van der Waals surface area contributed by atoms with E-state index >= 15 is 0 Å². The fourth-order valence-electron chi connectivity index (χ4n) is 9.78. The molecular weight excluding hydrogens is 693 g/mol. The summed E-state index contributed by atoms with van der Waals surface area (Å²) in [5, 5.41) is 9.29. The van der Waals surface area contributed by atoms with Crippen molar-refractivity contribution in [3.8, 4) is 22.3 Å². The second-order valence-corrected chi connectivity index (χ2v) is 17.1. The average molecular weight is 741 g/mol. The number of thiophene rings is 1. The molecule has 0 fully saturated rings. The molecule has 0 amide bonds. The first-order chi connectivity index (χ1) is 27.3. The van der Waals surface area contributed by atoms with Crippen molar-refractivity contribution < 1.29 is 0 Å². The highest BCUT2D eigenvalue weighted by atomic mass is 32.1. The van der Waals surface area contributed by atoms with Crippen LogP contribution >= 0.6 is 11.3 Å². The molecule has 0 unspecified atom stereocenters. The zero-order chi connectivity index (χ0) is 38.7. The first-order valence-electron chi connectivity index (χ1n) is 20.0. The highest BCUT2D eigenvalue weighted by Crippen LogP contribution is 2.57. The van der Waals surface area contributed by atoms with E-state index in [4.69, 9.17) is 0 Å². The van der Waals surface area contributed by atoms with Crippen LogP contribution in [0.25, 0.3) is 82.4 Å². The molecule has 274 valence electrons. The number of fused-ring (bicyclic) bond motifs is 8. The first kappa shape index (κ1) is 35.9. The zero-order valence-electron chi connectivity index (χ0n) is 33.5. The van der Waals surface area contributed by atoms with Crippen LogP contribution in [-0.2, 0) is 11.8 Å². The second-order valence-electron chi connectivity index (χ2n) is 15.8. The van der Waals surface area contributed by atoms with Crippen molar-refractivity contribution in [2.24, 2.45) is 0 Å². The largest absolute Gasteiger partial charge is 0.139 e. The Morgan fingerprint density at radius 3 is 1.73 bits per heavy atom. The molecule has 56 heavy (non-hydrogen) atoms. The van der Waals surface area contributed by atoms with E-state index in [0.717, 1.165) is 6.42 Å². The Morgan fingerprint density at radius 2 is 1.16 bits per heavy atom. The van der Waals surface area contributed by atoms with Crippen LogP contribution in [0.2, 0.25) is 0 Å². The summed E-state index contributed by atoms with van der Waals surface area (Å²) in [6, 6.07) is 43.3. The Morgan fingerprint density at radius 1 is 0.589 bits per heavy atom. The van der Waals surface area contributed by atoms with Crippen molar-refractivity contribution >= 4 is 71.5 Å². The molecule has 1 heterocycles. The number of benzene rings is 7. The minimum Gasteiger partial charge on any atom is -0.139 e. The van der Waals surface area contributed by atoms with Gasteiger partial charge in [0, 0.05) is 25.8 Å². The Kier molecular flexibility index (Phi) is 9.02. The highest BCUT2D eigenvalue weighted by Gasteiger charge is 2.41. The molecule has 9 rings (SSSR count). The maximum Gasteiger partial charge on any atom is 0.0433 e. The molecule has 7 aromatic carbocycles. The molecule has 0 N–H and O–H groups in total. The predicted octanol–water partition coefficient (Wildman–Crippen LogP) is 16.2. The Bertz CT molecular complexity index is 2950. The average Bonchev–Trinajstić information content (AvgIpc) is 3.65. The molecule has 0 radical (unpaired) electrons. The van der Waals surface area contributed by atoms with Gasteiger partial charge in [-0.05, 0) is 135 Å². The third-order valence-corrected chi connectivity index (χ3v) is 13.3. The lowest BCUT2D eigenvalue weighted by Gasteiger charge is -2.23. The van der Waals surface area contributed by atoms with Gasteiger partial charge in [0.15, 0.2) is 0 Å². The summed E-state index contributed by atoms with van der Waals surface area (Å²) in [6.07, 6.45) is 14.6. The SMILES string of the molecule is C/C=C\c1ccc(-c2c3ccccc3c(-c3cccc(CC=C4/C(=C\C)C(C)(C)c5c4c4ccccc4c4sc(C)c(/C=C\C)c54)c3)c3ccccc23)cc1C. The fourth-order valence-corrected chi connectivity index (χ4v) is 11.0. The van der Waals surface area contributed by atoms with Gasteiger partial charge in [-0.15, -0.1) is 11.3 Å². The van der Waals surface area contributed by atoms with Crippen molar-refractivity contribution in [3.05, 3.63) is 183 Å². The number of allylic oxidation sites excluding steroid dienone is 6. The Balaban J connectivity index is 1.22. The van der Waals surface area contributed by atoms with Crippen LogP contribution in [0.15, 0.2) is 145 Å². The summed E-state index contributed by atoms with van der Waals surface area (Å²) in [4.78, 5) is 1.38. The minimum absolute atomic E-state index is 0.130. The van der Waals surface area contributed by atoms with Gasteiger partial charge < -0.3 is 0 Å². The molecule has 0 saturated heterocycles. The molecule has 8 aromatic rings. The van der Waals surface area contributed by atoms with E-state index in [9.17, 15) is 0 Å². The van der Waals surface area contributed by atoms with Crippen molar-refractivity contribution in [2.45, 2.75) is 60.3 Å². The van der Waals surface area contributed by atoms with Gasteiger partial charge in [0.05, 0.1) is 0 Å².